The van der Waals surface area contributed by atoms with Crippen molar-refractivity contribution in [3.05, 3.63) is 114 Å². The van der Waals surface area contributed by atoms with E-state index in [9.17, 15) is 0 Å². The molecule has 0 unspecified atom stereocenters. The third-order valence-corrected chi connectivity index (χ3v) is 7.25. The van der Waals surface area contributed by atoms with E-state index in [4.69, 9.17) is 7.16 Å². The van der Waals surface area contributed by atoms with Crippen molar-refractivity contribution in [3.63, 3.8) is 0 Å². The van der Waals surface area contributed by atoms with Crippen molar-refractivity contribution in [3.8, 4) is 22.5 Å². The van der Waals surface area contributed by atoms with E-state index in [1.165, 1.54) is 11.3 Å². The van der Waals surface area contributed by atoms with Gasteiger partial charge in [0.1, 0.15) is 0 Å². The average molecular weight is 734 g/mol. The summed E-state index contributed by atoms with van der Waals surface area (Å²) in [6, 6.07) is 31.9. The third-order valence-electron chi connectivity index (χ3n) is 6.25. The number of hydrogen-bond donors (Lipinski definition) is 0. The molecule has 0 atom stereocenters. The van der Waals surface area contributed by atoms with Crippen LogP contribution in [0.1, 0.15) is 34.1 Å². The van der Waals surface area contributed by atoms with Gasteiger partial charge in [-0.05, 0) is 59.8 Å². The largest absolute Gasteiger partial charge is 0.486 e. The second kappa shape index (κ2) is 12.0. The number of rotatable bonds is 3. The number of nitrogens with zero attached hydrogens (tertiary/aromatic N) is 3. The average Bonchev–Trinajstić information content (AvgIpc) is 3.59. The van der Waals surface area contributed by atoms with Crippen LogP contribution in [0.15, 0.2) is 95.7 Å². The Morgan fingerprint density at radius 3 is 2.51 bits per heavy atom. The van der Waals surface area contributed by atoms with E-state index in [2.05, 4.69) is 27.1 Å². The maximum Gasteiger partial charge on any atom is 0.216 e. The van der Waals surface area contributed by atoms with Gasteiger partial charge in [0.25, 0.3) is 0 Å². The molecule has 0 saturated heterocycles. The number of furan rings is 1. The van der Waals surface area contributed by atoms with Crippen molar-refractivity contribution < 1.29 is 27.3 Å². The van der Waals surface area contributed by atoms with Crippen LogP contribution in [0.4, 0.5) is 0 Å². The fourth-order valence-corrected chi connectivity index (χ4v) is 5.61. The van der Waals surface area contributed by atoms with E-state index >= 15 is 0 Å². The number of benzene rings is 2. The smallest absolute Gasteiger partial charge is 0.216 e. The van der Waals surface area contributed by atoms with Gasteiger partial charge < -0.3 is 14.4 Å². The van der Waals surface area contributed by atoms with Crippen molar-refractivity contribution in [2.45, 2.75) is 34.1 Å². The van der Waals surface area contributed by atoms with Crippen molar-refractivity contribution in [1.29, 1.82) is 0 Å². The monoisotopic (exact) mass is 734 g/mol. The maximum atomic E-state index is 8.58. The standard InChI is InChI=1S/C24H21N2OS.C11H8N.Ir/c1-14-8-9-18-17-6-5-7-19(22(17)27-23(18)26-14)20-11-15-10-16(12-24(2,3)4)28-21(15)13-25-20;1-2-6-10(7-3-1)11-8-4-5-9-12-11;/h5-6,8-11,13H,12H2,1-4H3;1-6,8-9H;/q2*-1;/i12D2;;. The van der Waals surface area contributed by atoms with Crippen molar-refractivity contribution in [2.24, 2.45) is 5.41 Å². The summed E-state index contributed by atoms with van der Waals surface area (Å²) in [6.07, 6.45) is 2.18. The fourth-order valence-electron chi connectivity index (χ4n) is 4.49. The van der Waals surface area contributed by atoms with Crippen LogP contribution in [0, 0.1) is 24.5 Å². The Labute approximate surface area is 260 Å². The van der Waals surface area contributed by atoms with Crippen LogP contribution in [0.5, 0.6) is 0 Å². The summed E-state index contributed by atoms with van der Waals surface area (Å²) in [4.78, 5) is 14.1. The van der Waals surface area contributed by atoms with Crippen molar-refractivity contribution in [2.75, 3.05) is 0 Å². The van der Waals surface area contributed by atoms with Crippen LogP contribution in [-0.4, -0.2) is 15.0 Å². The molecule has 7 aromatic rings. The summed E-state index contributed by atoms with van der Waals surface area (Å²) in [5.41, 5.74) is 5.30. The van der Waals surface area contributed by atoms with Gasteiger partial charge in [-0.2, -0.15) is 0 Å². The zero-order chi connectivity index (χ0) is 29.5. The van der Waals surface area contributed by atoms with Crippen LogP contribution in [0.3, 0.4) is 0 Å². The van der Waals surface area contributed by atoms with Crippen LogP contribution in [0.25, 0.3) is 54.7 Å². The molecule has 0 saturated carbocycles. The molecule has 7 rings (SSSR count). The summed E-state index contributed by atoms with van der Waals surface area (Å²) in [6.45, 7) is 7.72. The molecule has 0 N–H and O–H groups in total. The third kappa shape index (κ3) is 6.46. The van der Waals surface area contributed by atoms with Crippen LogP contribution in [-0.2, 0) is 26.5 Å². The van der Waals surface area contributed by atoms with Gasteiger partial charge >= 0.3 is 0 Å². The van der Waals surface area contributed by atoms with E-state index < -0.39 is 11.8 Å². The van der Waals surface area contributed by atoms with Gasteiger partial charge in [-0.15, -0.1) is 65.4 Å². The molecule has 0 aliphatic heterocycles. The molecule has 4 nitrogen and oxygen atoms in total. The minimum absolute atomic E-state index is 0. The summed E-state index contributed by atoms with van der Waals surface area (Å²) >= 11 is 1.46. The summed E-state index contributed by atoms with van der Waals surface area (Å²) in [5, 5.41) is 2.94. The van der Waals surface area contributed by atoms with Crippen LogP contribution < -0.4 is 0 Å². The van der Waals surface area contributed by atoms with Crippen molar-refractivity contribution in [1.82, 2.24) is 15.0 Å². The van der Waals surface area contributed by atoms with E-state index in [-0.39, 0.29) is 20.1 Å². The van der Waals surface area contributed by atoms with E-state index in [0.717, 1.165) is 59.5 Å². The molecule has 1 radical (unpaired) electrons. The molecule has 207 valence electrons. The molecule has 5 aromatic heterocycles. The van der Waals surface area contributed by atoms with Gasteiger partial charge in [0, 0.05) is 51.2 Å². The van der Waals surface area contributed by atoms with E-state index in [0.29, 0.717) is 5.71 Å². The van der Waals surface area contributed by atoms with Gasteiger partial charge in [0.05, 0.1) is 10.3 Å². The topological polar surface area (TPSA) is 51.8 Å². The molecular weight excluding hydrogens is 703 g/mol. The van der Waals surface area contributed by atoms with Crippen molar-refractivity contribution >= 4 is 43.5 Å². The molecule has 41 heavy (non-hydrogen) atoms. The Balaban J connectivity index is 0.000000238. The fraction of sp³-hybridized carbons (Fsp3) is 0.171. The van der Waals surface area contributed by atoms with Gasteiger partial charge in [-0.25, -0.2) is 4.98 Å². The molecule has 0 bridgehead atoms. The van der Waals surface area contributed by atoms with Gasteiger partial charge in [0.15, 0.2) is 0 Å². The molecular formula is C35H29IrN3OS-2. The Morgan fingerprint density at radius 2 is 1.76 bits per heavy atom. The molecule has 2 aromatic carbocycles. The number of pyridine rings is 3. The second-order valence-corrected chi connectivity index (χ2v) is 11.7. The zero-order valence-corrected chi connectivity index (χ0v) is 26.4. The predicted octanol–water partition coefficient (Wildman–Crippen LogP) is 9.50. The van der Waals surface area contributed by atoms with Gasteiger partial charge in [-0.3, -0.25) is 0 Å². The number of aromatic nitrogens is 3. The minimum Gasteiger partial charge on any atom is -0.486 e. The maximum absolute atomic E-state index is 8.58. The molecule has 0 spiro atoms. The SMILES string of the molecule is [2H]C([2H])(c1cc2cc(-c3[c-]ccc4c3oc3nc(C)ccc34)ncc2s1)C(C)(C)C.[Ir].[c-]1ccccc1-c1ccccn1. The number of thiophene rings is 1. The number of aryl methyl sites for hydroxylation is 1. The van der Waals surface area contributed by atoms with Crippen LogP contribution >= 0.6 is 11.3 Å². The Kier molecular flexibility index (Phi) is 7.70. The first-order valence-electron chi connectivity index (χ1n) is 14.1. The second-order valence-electron chi connectivity index (χ2n) is 10.6. The number of fused-ring (bicyclic) bond motifs is 4. The molecule has 0 amide bonds. The molecule has 0 aliphatic carbocycles. The molecule has 0 aliphatic rings. The Bertz CT molecular complexity index is 1980. The first-order valence-corrected chi connectivity index (χ1v) is 13.9. The van der Waals surface area contributed by atoms with Crippen LogP contribution in [0.2, 0.25) is 0 Å². The van der Waals surface area contributed by atoms with E-state index in [1.807, 2.05) is 113 Å². The molecule has 5 heterocycles. The van der Waals surface area contributed by atoms with Gasteiger partial charge in [0.2, 0.25) is 5.71 Å². The predicted molar refractivity (Wildman–Crippen MR) is 165 cm³/mol. The Hall–Kier alpha value is -3.70. The van der Waals surface area contributed by atoms with Gasteiger partial charge in [-0.1, -0.05) is 49.9 Å². The first kappa shape index (κ1) is 26.2. The molecule has 0 fully saturated rings. The quantitative estimate of drug-likeness (QED) is 0.170. The Morgan fingerprint density at radius 1 is 0.902 bits per heavy atom. The molecule has 6 heteroatoms. The first-order chi connectivity index (χ1) is 20.1. The summed E-state index contributed by atoms with van der Waals surface area (Å²) < 4.78 is 24.2. The van der Waals surface area contributed by atoms with E-state index in [1.54, 1.807) is 6.20 Å². The minimum atomic E-state index is -1.43. The zero-order valence-electron chi connectivity index (χ0n) is 25.2. The summed E-state index contributed by atoms with van der Waals surface area (Å²) in [7, 11) is 0. The summed E-state index contributed by atoms with van der Waals surface area (Å²) in [5.74, 6) is 0. The number of hydrogen-bond acceptors (Lipinski definition) is 5. The normalized spacial score (nSPS) is 12.4.